The van der Waals surface area contributed by atoms with Crippen molar-refractivity contribution in [3.05, 3.63) is 66.1 Å². The molecule has 11 heteroatoms. The molecular formula is C23H22F4N4O3. The molecule has 2 N–H and O–H groups in total. The quantitative estimate of drug-likeness (QED) is 0.523. The maximum Gasteiger partial charge on any atom is 0.490 e. The molecule has 180 valence electrons. The van der Waals surface area contributed by atoms with Crippen molar-refractivity contribution in [2.45, 2.75) is 13.1 Å². The van der Waals surface area contributed by atoms with E-state index in [1.807, 2.05) is 12.3 Å². The van der Waals surface area contributed by atoms with E-state index in [0.29, 0.717) is 18.8 Å². The van der Waals surface area contributed by atoms with Crippen molar-refractivity contribution in [3.63, 3.8) is 0 Å². The van der Waals surface area contributed by atoms with Gasteiger partial charge in [0, 0.05) is 49.1 Å². The van der Waals surface area contributed by atoms with E-state index in [1.54, 1.807) is 17.0 Å². The molecule has 0 unspecified atom stereocenters. The van der Waals surface area contributed by atoms with Gasteiger partial charge in [0.2, 0.25) is 0 Å². The minimum atomic E-state index is -5.08. The second-order valence-electron chi connectivity index (χ2n) is 7.56. The van der Waals surface area contributed by atoms with Crippen molar-refractivity contribution < 1.29 is 32.3 Å². The zero-order chi connectivity index (χ0) is 24.9. The maximum absolute atomic E-state index is 13.0. The Balaban J connectivity index is 0.000000406. The number of carbonyl (C=O) groups is 2. The summed E-state index contributed by atoms with van der Waals surface area (Å²) >= 11 is 0. The summed E-state index contributed by atoms with van der Waals surface area (Å²) in [5.41, 5.74) is 3.93. The summed E-state index contributed by atoms with van der Waals surface area (Å²) in [5, 5.41) is 11.1. The molecule has 0 bridgehead atoms. The predicted octanol–water partition coefficient (Wildman–Crippen LogP) is 4.67. The number of nitrogens with zero attached hydrogens (tertiary/aromatic N) is 3. The van der Waals surface area contributed by atoms with Gasteiger partial charge in [-0.15, -0.1) is 0 Å². The van der Waals surface area contributed by atoms with Crippen LogP contribution in [0.1, 0.15) is 5.56 Å². The third-order valence-electron chi connectivity index (χ3n) is 5.12. The van der Waals surface area contributed by atoms with Crippen LogP contribution in [0.3, 0.4) is 0 Å². The number of aromatic nitrogens is 1. The molecule has 7 nitrogen and oxygen atoms in total. The molecule has 2 heterocycles. The largest absolute Gasteiger partial charge is 0.490 e. The smallest absolute Gasteiger partial charge is 0.475 e. The van der Waals surface area contributed by atoms with Gasteiger partial charge in [-0.3, -0.25) is 4.98 Å². The number of piperazine rings is 1. The number of fused-ring (bicyclic) bond motifs is 1. The molecule has 34 heavy (non-hydrogen) atoms. The molecule has 1 fully saturated rings. The number of hydrogen-bond donors (Lipinski definition) is 2. The number of carboxylic acids is 1. The summed E-state index contributed by atoms with van der Waals surface area (Å²) < 4.78 is 44.7. The Kier molecular flexibility index (Phi) is 7.54. The number of carbonyl (C=O) groups excluding carboxylic acids is 1. The van der Waals surface area contributed by atoms with E-state index in [1.165, 1.54) is 17.7 Å². The van der Waals surface area contributed by atoms with Crippen LogP contribution < -0.4 is 10.2 Å². The SMILES string of the molecule is Cc1ccc2c(N3CCN(C(=O)Nc4ccc(F)cc4)CC3)ccnc2c1.O=C(O)C(F)(F)F. The molecule has 0 spiro atoms. The van der Waals surface area contributed by atoms with Crippen LogP contribution >= 0.6 is 0 Å². The van der Waals surface area contributed by atoms with E-state index in [-0.39, 0.29) is 11.8 Å². The van der Waals surface area contributed by atoms with E-state index in [0.717, 1.165) is 29.7 Å². The first-order valence-corrected chi connectivity index (χ1v) is 10.3. The monoisotopic (exact) mass is 478 g/mol. The fraction of sp³-hybridized carbons (Fsp3) is 0.261. The van der Waals surface area contributed by atoms with Crippen molar-refractivity contribution in [1.29, 1.82) is 0 Å². The fourth-order valence-corrected chi connectivity index (χ4v) is 3.40. The number of amides is 2. The molecule has 4 rings (SSSR count). The number of aliphatic carboxylic acids is 1. The fourth-order valence-electron chi connectivity index (χ4n) is 3.40. The second-order valence-corrected chi connectivity index (χ2v) is 7.56. The van der Waals surface area contributed by atoms with Gasteiger partial charge in [-0.05, 0) is 48.9 Å². The standard InChI is InChI=1S/C21H21FN4O.C2HF3O2/c1-15-2-7-18-19(14-15)23-9-8-20(18)25-10-12-26(13-11-25)21(27)24-17-5-3-16(22)4-6-17;3-2(4,5)1(6)7/h2-9,14H,10-13H2,1H3,(H,24,27);(H,6,7). The van der Waals surface area contributed by atoms with Gasteiger partial charge in [0.25, 0.3) is 0 Å². The first kappa shape index (κ1) is 24.7. The number of alkyl halides is 3. The van der Waals surface area contributed by atoms with Crippen LogP contribution in [0.15, 0.2) is 54.7 Å². The molecular weight excluding hydrogens is 456 g/mol. The first-order valence-electron chi connectivity index (χ1n) is 10.3. The topological polar surface area (TPSA) is 85.8 Å². The van der Waals surface area contributed by atoms with E-state index < -0.39 is 12.1 Å². The van der Waals surface area contributed by atoms with Crippen molar-refractivity contribution >= 4 is 34.3 Å². The van der Waals surface area contributed by atoms with E-state index in [2.05, 4.69) is 40.3 Å². The Morgan fingerprint density at radius 1 is 1.00 bits per heavy atom. The second kappa shape index (κ2) is 10.4. The number of urea groups is 1. The number of rotatable bonds is 2. The van der Waals surface area contributed by atoms with Gasteiger partial charge in [0.15, 0.2) is 0 Å². The number of anilines is 2. The Labute approximate surface area is 192 Å². The van der Waals surface area contributed by atoms with Gasteiger partial charge in [-0.2, -0.15) is 13.2 Å². The Morgan fingerprint density at radius 2 is 1.62 bits per heavy atom. The Bertz CT molecular complexity index is 1160. The summed E-state index contributed by atoms with van der Waals surface area (Å²) in [5.74, 6) is -3.08. The predicted molar refractivity (Wildman–Crippen MR) is 119 cm³/mol. The molecule has 1 aliphatic heterocycles. The van der Waals surface area contributed by atoms with Gasteiger partial charge >= 0.3 is 18.2 Å². The van der Waals surface area contributed by atoms with Gasteiger partial charge in [0.1, 0.15) is 5.82 Å². The molecule has 0 saturated carbocycles. The van der Waals surface area contributed by atoms with Crippen LogP contribution in [0.4, 0.5) is 33.7 Å². The molecule has 3 aromatic rings. The zero-order valence-corrected chi connectivity index (χ0v) is 18.1. The number of carboxylic acid groups (broad SMARTS) is 1. The summed E-state index contributed by atoms with van der Waals surface area (Å²) in [6, 6.07) is 14.0. The van der Waals surface area contributed by atoms with Crippen LogP contribution in [-0.4, -0.2) is 59.3 Å². The molecule has 1 aliphatic rings. The lowest BCUT2D eigenvalue weighted by molar-refractivity contribution is -0.192. The molecule has 0 radical (unpaired) electrons. The van der Waals surface area contributed by atoms with Gasteiger partial charge in [-0.25, -0.2) is 14.0 Å². The van der Waals surface area contributed by atoms with E-state index >= 15 is 0 Å². The van der Waals surface area contributed by atoms with E-state index in [4.69, 9.17) is 9.90 Å². The van der Waals surface area contributed by atoms with Crippen molar-refractivity contribution in [3.8, 4) is 0 Å². The lowest BCUT2D eigenvalue weighted by Gasteiger charge is -2.36. The van der Waals surface area contributed by atoms with Crippen LogP contribution in [-0.2, 0) is 4.79 Å². The normalized spacial score (nSPS) is 13.8. The summed E-state index contributed by atoms with van der Waals surface area (Å²) in [6.07, 6.45) is -3.25. The summed E-state index contributed by atoms with van der Waals surface area (Å²) in [6.45, 7) is 4.82. The van der Waals surface area contributed by atoms with Crippen molar-refractivity contribution in [1.82, 2.24) is 9.88 Å². The minimum absolute atomic E-state index is 0.156. The van der Waals surface area contributed by atoms with Crippen LogP contribution in [0.25, 0.3) is 10.9 Å². The highest BCUT2D eigenvalue weighted by atomic mass is 19.4. The molecule has 1 saturated heterocycles. The van der Waals surface area contributed by atoms with Gasteiger partial charge in [-0.1, -0.05) is 12.1 Å². The molecule has 2 amide bonds. The number of benzene rings is 2. The highest BCUT2D eigenvalue weighted by Crippen LogP contribution is 2.27. The van der Waals surface area contributed by atoms with Crippen molar-refractivity contribution in [2.75, 3.05) is 36.4 Å². The average Bonchev–Trinajstić information content (AvgIpc) is 2.80. The number of halogens is 4. The van der Waals surface area contributed by atoms with E-state index in [9.17, 15) is 22.4 Å². The minimum Gasteiger partial charge on any atom is -0.475 e. The van der Waals surface area contributed by atoms with Crippen LogP contribution in [0, 0.1) is 12.7 Å². The number of nitrogens with one attached hydrogen (secondary N) is 1. The van der Waals surface area contributed by atoms with Crippen molar-refractivity contribution in [2.24, 2.45) is 0 Å². The summed E-state index contributed by atoms with van der Waals surface area (Å²) in [7, 11) is 0. The zero-order valence-electron chi connectivity index (χ0n) is 18.1. The average molecular weight is 478 g/mol. The Hall–Kier alpha value is -3.89. The highest BCUT2D eigenvalue weighted by molar-refractivity contribution is 5.92. The number of pyridine rings is 1. The van der Waals surface area contributed by atoms with Gasteiger partial charge < -0.3 is 20.2 Å². The first-order chi connectivity index (χ1) is 16.0. The molecule has 0 aliphatic carbocycles. The van der Waals surface area contributed by atoms with Crippen LogP contribution in [0.2, 0.25) is 0 Å². The lowest BCUT2D eigenvalue weighted by Crippen LogP contribution is -2.50. The maximum atomic E-state index is 13.0. The third-order valence-corrected chi connectivity index (χ3v) is 5.12. The number of hydrogen-bond acceptors (Lipinski definition) is 4. The molecule has 1 aromatic heterocycles. The lowest BCUT2D eigenvalue weighted by atomic mass is 10.1. The molecule has 0 atom stereocenters. The third kappa shape index (κ3) is 6.33. The summed E-state index contributed by atoms with van der Waals surface area (Å²) in [4.78, 5) is 29.9. The number of aryl methyl sites for hydroxylation is 1. The Morgan fingerprint density at radius 3 is 2.21 bits per heavy atom. The highest BCUT2D eigenvalue weighted by Gasteiger charge is 2.38. The molecule has 2 aromatic carbocycles. The van der Waals surface area contributed by atoms with Gasteiger partial charge in [0.05, 0.1) is 5.52 Å². The van der Waals surface area contributed by atoms with Crippen LogP contribution in [0.5, 0.6) is 0 Å².